The van der Waals surface area contributed by atoms with Crippen LogP contribution in [-0.4, -0.2) is 35.4 Å². The van der Waals surface area contributed by atoms with Gasteiger partial charge in [-0.2, -0.15) is 0 Å². The van der Waals surface area contributed by atoms with Crippen LogP contribution in [0.3, 0.4) is 0 Å². The van der Waals surface area contributed by atoms with E-state index in [2.05, 4.69) is 0 Å². The van der Waals surface area contributed by atoms with Crippen molar-refractivity contribution in [3.8, 4) is 0 Å². The van der Waals surface area contributed by atoms with Crippen LogP contribution in [0.4, 0.5) is 0 Å². The van der Waals surface area contributed by atoms with Gasteiger partial charge in [-0.15, -0.1) is 24.8 Å². The first-order valence-corrected chi connectivity index (χ1v) is 6.28. The molecule has 16 heavy (non-hydrogen) atoms. The minimum Gasteiger partial charge on any atom is -0.368 e. The molecule has 0 bridgehead atoms. The highest BCUT2D eigenvalue weighted by Gasteiger charge is 2.11. The molecule has 6 nitrogen and oxygen atoms in total. The quantitative estimate of drug-likeness (QED) is 0.345. The van der Waals surface area contributed by atoms with Crippen molar-refractivity contribution in [1.29, 1.82) is 0 Å². The lowest BCUT2D eigenvalue weighted by atomic mass is 10.3. The SMILES string of the molecule is Cl.Cl.NC(=O)C(N)CSSCC(N)C(N)=O. The monoisotopic (exact) mass is 310 g/mol. The second kappa shape index (κ2) is 11.6. The minimum absolute atomic E-state index is 0. The van der Waals surface area contributed by atoms with Crippen LogP contribution in [0.25, 0.3) is 0 Å². The summed E-state index contributed by atoms with van der Waals surface area (Å²) in [5.41, 5.74) is 20.6. The van der Waals surface area contributed by atoms with E-state index in [1.807, 2.05) is 0 Å². The van der Waals surface area contributed by atoms with Gasteiger partial charge in [0.05, 0.1) is 12.1 Å². The Labute approximate surface area is 114 Å². The van der Waals surface area contributed by atoms with E-state index < -0.39 is 23.9 Å². The summed E-state index contributed by atoms with van der Waals surface area (Å²) in [4.78, 5) is 21.0. The molecule has 0 aromatic rings. The summed E-state index contributed by atoms with van der Waals surface area (Å²) >= 11 is 0. The standard InChI is InChI=1S/C6H14N4O2S2.2ClH/c7-3(5(9)11)1-13-14-2-4(8)6(10)12;;/h3-4H,1-2,7-8H2,(H2,9,11)(H2,10,12);2*1H. The predicted octanol–water partition coefficient (Wildman–Crippen LogP) is -1.16. The largest absolute Gasteiger partial charge is 0.368 e. The van der Waals surface area contributed by atoms with Crippen molar-refractivity contribution < 1.29 is 9.59 Å². The zero-order valence-electron chi connectivity index (χ0n) is 8.33. The third kappa shape index (κ3) is 10.7. The van der Waals surface area contributed by atoms with E-state index >= 15 is 0 Å². The normalized spacial score (nSPS) is 12.9. The minimum atomic E-state index is -0.669. The lowest BCUT2D eigenvalue weighted by molar-refractivity contribution is -0.119. The Kier molecular flexibility index (Phi) is 15.6. The molecule has 0 aromatic carbocycles. The Morgan fingerprint density at radius 1 is 0.875 bits per heavy atom. The number of hydrogen-bond donors (Lipinski definition) is 4. The molecule has 0 fully saturated rings. The van der Waals surface area contributed by atoms with Crippen LogP contribution < -0.4 is 22.9 Å². The molecular weight excluding hydrogens is 295 g/mol. The van der Waals surface area contributed by atoms with Gasteiger partial charge >= 0.3 is 0 Å². The van der Waals surface area contributed by atoms with Crippen LogP contribution in [0.2, 0.25) is 0 Å². The smallest absolute Gasteiger partial charge is 0.235 e. The third-order valence-corrected chi connectivity index (χ3v) is 3.78. The lowest BCUT2D eigenvalue weighted by Gasteiger charge is -2.08. The van der Waals surface area contributed by atoms with Gasteiger partial charge in [-0.05, 0) is 0 Å². The molecule has 2 unspecified atom stereocenters. The number of carbonyl (C=O) groups excluding carboxylic acids is 2. The van der Waals surface area contributed by atoms with Gasteiger partial charge in [-0.3, -0.25) is 9.59 Å². The molecule has 0 spiro atoms. The summed E-state index contributed by atoms with van der Waals surface area (Å²) in [5, 5.41) is 0. The van der Waals surface area contributed by atoms with E-state index in [1.54, 1.807) is 0 Å². The maximum Gasteiger partial charge on any atom is 0.235 e. The molecular formula is C6H16Cl2N4O2S2. The number of rotatable bonds is 7. The highest BCUT2D eigenvalue weighted by Crippen LogP contribution is 2.21. The molecule has 0 rings (SSSR count). The van der Waals surface area contributed by atoms with Gasteiger partial charge < -0.3 is 22.9 Å². The molecule has 2 atom stereocenters. The predicted molar refractivity (Wildman–Crippen MR) is 73.8 cm³/mol. The molecule has 0 aliphatic rings. The molecule has 0 radical (unpaired) electrons. The second-order valence-electron chi connectivity index (χ2n) is 2.59. The zero-order valence-corrected chi connectivity index (χ0v) is 11.6. The van der Waals surface area contributed by atoms with Gasteiger partial charge in [0, 0.05) is 11.5 Å². The molecule has 0 aromatic heterocycles. The molecule has 0 heterocycles. The summed E-state index contributed by atoms with van der Waals surface area (Å²) in [6.45, 7) is 0. The number of hydrogen-bond acceptors (Lipinski definition) is 6. The molecule has 2 amide bonds. The maximum atomic E-state index is 10.5. The van der Waals surface area contributed by atoms with E-state index in [-0.39, 0.29) is 24.8 Å². The van der Waals surface area contributed by atoms with Gasteiger partial charge in [0.25, 0.3) is 0 Å². The van der Waals surface area contributed by atoms with E-state index in [1.165, 1.54) is 21.6 Å². The Morgan fingerprint density at radius 3 is 1.31 bits per heavy atom. The van der Waals surface area contributed by atoms with Crippen LogP contribution in [0.5, 0.6) is 0 Å². The molecule has 10 heteroatoms. The maximum absolute atomic E-state index is 10.5. The fourth-order valence-corrected chi connectivity index (χ4v) is 2.68. The third-order valence-electron chi connectivity index (χ3n) is 1.31. The van der Waals surface area contributed by atoms with Gasteiger partial charge in [0.15, 0.2) is 0 Å². The van der Waals surface area contributed by atoms with Gasteiger partial charge in [-0.25, -0.2) is 0 Å². The van der Waals surface area contributed by atoms with Crippen molar-refractivity contribution >= 4 is 58.2 Å². The summed E-state index contributed by atoms with van der Waals surface area (Å²) < 4.78 is 0. The van der Waals surface area contributed by atoms with Crippen molar-refractivity contribution in [3.05, 3.63) is 0 Å². The molecule has 0 saturated heterocycles. The second-order valence-corrected chi connectivity index (χ2v) is 5.14. The van der Waals surface area contributed by atoms with Crippen LogP contribution in [-0.2, 0) is 9.59 Å². The molecule has 0 aliphatic carbocycles. The Hall–Kier alpha value is 0.140. The first-order chi connectivity index (χ1) is 6.45. The van der Waals surface area contributed by atoms with Crippen molar-refractivity contribution in [2.75, 3.05) is 11.5 Å². The average molecular weight is 311 g/mol. The van der Waals surface area contributed by atoms with Crippen molar-refractivity contribution in [1.82, 2.24) is 0 Å². The first-order valence-electron chi connectivity index (χ1n) is 3.79. The lowest BCUT2D eigenvalue weighted by Crippen LogP contribution is -2.39. The highest BCUT2D eigenvalue weighted by atomic mass is 35.5. The van der Waals surface area contributed by atoms with E-state index in [4.69, 9.17) is 22.9 Å². The van der Waals surface area contributed by atoms with Gasteiger partial charge in [0.2, 0.25) is 11.8 Å². The summed E-state index contributed by atoms with van der Waals surface area (Å²) in [6.07, 6.45) is 0. The fraction of sp³-hybridized carbons (Fsp3) is 0.667. The van der Waals surface area contributed by atoms with Gasteiger partial charge in [0.1, 0.15) is 0 Å². The van der Waals surface area contributed by atoms with Crippen LogP contribution in [0.1, 0.15) is 0 Å². The van der Waals surface area contributed by atoms with E-state index in [9.17, 15) is 9.59 Å². The van der Waals surface area contributed by atoms with Crippen LogP contribution in [0.15, 0.2) is 0 Å². The number of halogens is 2. The molecule has 98 valence electrons. The van der Waals surface area contributed by atoms with Crippen LogP contribution >= 0.6 is 46.4 Å². The number of primary amides is 2. The van der Waals surface area contributed by atoms with Crippen molar-refractivity contribution in [3.63, 3.8) is 0 Å². The van der Waals surface area contributed by atoms with Crippen LogP contribution in [0, 0.1) is 0 Å². The van der Waals surface area contributed by atoms with Gasteiger partial charge in [-0.1, -0.05) is 21.6 Å². The molecule has 0 aliphatic heterocycles. The fourth-order valence-electron chi connectivity index (χ4n) is 0.407. The van der Waals surface area contributed by atoms with Crippen molar-refractivity contribution in [2.45, 2.75) is 12.1 Å². The van der Waals surface area contributed by atoms with E-state index in [0.29, 0.717) is 11.5 Å². The summed E-state index contributed by atoms with van der Waals surface area (Å²) in [6, 6.07) is -1.34. The number of nitrogens with two attached hydrogens (primary N) is 4. The Balaban J connectivity index is -0.000000845. The number of carbonyl (C=O) groups is 2. The highest BCUT2D eigenvalue weighted by molar-refractivity contribution is 8.76. The Morgan fingerprint density at radius 2 is 1.12 bits per heavy atom. The summed E-state index contributed by atoms with van der Waals surface area (Å²) in [5.74, 6) is -0.300. The summed E-state index contributed by atoms with van der Waals surface area (Å²) in [7, 11) is 2.68. The van der Waals surface area contributed by atoms with Crippen molar-refractivity contribution in [2.24, 2.45) is 22.9 Å². The molecule has 0 saturated carbocycles. The average Bonchev–Trinajstić information content (AvgIpc) is 2.11. The zero-order chi connectivity index (χ0) is 11.1. The van der Waals surface area contributed by atoms with E-state index in [0.717, 1.165) is 0 Å². The molecule has 8 N–H and O–H groups in total. The topological polar surface area (TPSA) is 138 Å². The Bertz CT molecular complexity index is 201. The first kappa shape index (κ1) is 21.4. The number of amides is 2.